The van der Waals surface area contributed by atoms with Gasteiger partial charge in [-0.05, 0) is 87.3 Å². The maximum atomic E-state index is 13.4. The lowest BCUT2D eigenvalue weighted by atomic mass is 9.90. The molecule has 1 atom stereocenters. The number of sulfonamides is 1. The fourth-order valence-electron chi connectivity index (χ4n) is 4.56. The van der Waals surface area contributed by atoms with Gasteiger partial charge in [-0.15, -0.1) is 0 Å². The third-order valence-electron chi connectivity index (χ3n) is 6.26. The van der Waals surface area contributed by atoms with Crippen LogP contribution in [0.2, 0.25) is 0 Å². The van der Waals surface area contributed by atoms with Gasteiger partial charge < -0.3 is 9.15 Å². The zero-order valence-corrected chi connectivity index (χ0v) is 21.3. The molecule has 1 aliphatic carbocycles. The summed E-state index contributed by atoms with van der Waals surface area (Å²) in [7, 11) is -3.94. The van der Waals surface area contributed by atoms with Crippen molar-refractivity contribution in [3.05, 3.63) is 69.1 Å². The molecular formula is C27H31NO6S. The van der Waals surface area contributed by atoms with Crippen LogP contribution in [0.3, 0.4) is 0 Å². The summed E-state index contributed by atoms with van der Waals surface area (Å²) in [6.07, 6.45) is 3.42. The number of benzene rings is 2. The molecule has 0 saturated heterocycles. The monoisotopic (exact) mass is 497 g/mol. The van der Waals surface area contributed by atoms with Crippen molar-refractivity contribution < 1.29 is 22.4 Å². The fraction of sp³-hybridized carbons (Fsp3) is 0.407. The van der Waals surface area contributed by atoms with E-state index in [9.17, 15) is 18.0 Å². The van der Waals surface area contributed by atoms with Gasteiger partial charge in [0.05, 0.1) is 10.3 Å². The summed E-state index contributed by atoms with van der Waals surface area (Å²) < 4.78 is 40.0. The van der Waals surface area contributed by atoms with E-state index < -0.39 is 22.0 Å². The van der Waals surface area contributed by atoms with E-state index in [0.29, 0.717) is 29.4 Å². The molecule has 0 spiro atoms. The van der Waals surface area contributed by atoms with Gasteiger partial charge in [-0.25, -0.2) is 18.0 Å². The average Bonchev–Trinajstić information content (AvgIpc) is 2.78. The smallest absolute Gasteiger partial charge is 0.339 e. The molecule has 3 aromatic rings. The number of nitrogens with one attached hydrogen (secondary N) is 1. The molecule has 35 heavy (non-hydrogen) atoms. The number of carbonyl (C=O) groups is 1. The van der Waals surface area contributed by atoms with Gasteiger partial charge in [0, 0.05) is 5.56 Å². The van der Waals surface area contributed by atoms with Gasteiger partial charge in [0.15, 0.2) is 0 Å². The second-order valence-corrected chi connectivity index (χ2v) is 11.4. The van der Waals surface area contributed by atoms with Gasteiger partial charge in [0.25, 0.3) is 0 Å². The van der Waals surface area contributed by atoms with Crippen molar-refractivity contribution in [2.45, 2.75) is 70.7 Å². The zero-order chi connectivity index (χ0) is 25.3. The third-order valence-corrected chi connectivity index (χ3v) is 7.75. The van der Waals surface area contributed by atoms with Gasteiger partial charge in [0.1, 0.15) is 17.4 Å². The van der Waals surface area contributed by atoms with Crippen molar-refractivity contribution >= 4 is 27.0 Å². The number of fused-ring (bicyclic) bond motifs is 3. The van der Waals surface area contributed by atoms with Gasteiger partial charge in [0.2, 0.25) is 10.0 Å². The van der Waals surface area contributed by atoms with Gasteiger partial charge >= 0.3 is 11.6 Å². The van der Waals surface area contributed by atoms with Crippen molar-refractivity contribution in [1.82, 2.24) is 4.72 Å². The first-order chi connectivity index (χ1) is 16.5. The Balaban J connectivity index is 1.71. The van der Waals surface area contributed by atoms with E-state index in [1.54, 1.807) is 24.3 Å². The highest BCUT2D eigenvalue weighted by Gasteiger charge is 2.30. The van der Waals surface area contributed by atoms with E-state index >= 15 is 0 Å². The zero-order valence-electron chi connectivity index (χ0n) is 20.5. The van der Waals surface area contributed by atoms with E-state index in [2.05, 4.69) is 4.72 Å². The topological polar surface area (TPSA) is 103 Å². The quantitative estimate of drug-likeness (QED) is 0.291. The lowest BCUT2D eigenvalue weighted by molar-refractivity contribution is -0.136. The summed E-state index contributed by atoms with van der Waals surface area (Å²) in [5.74, 6) is -0.375. The van der Waals surface area contributed by atoms with Crippen LogP contribution in [-0.4, -0.2) is 20.4 Å². The third kappa shape index (κ3) is 5.49. The van der Waals surface area contributed by atoms with Crippen molar-refractivity contribution in [2.75, 3.05) is 0 Å². The molecule has 1 N–H and O–H groups in total. The molecule has 0 amide bonds. The largest absolute Gasteiger partial charge is 0.425 e. The number of esters is 1. The van der Waals surface area contributed by atoms with Crippen LogP contribution in [0.1, 0.15) is 55.4 Å². The van der Waals surface area contributed by atoms with E-state index in [0.717, 1.165) is 29.5 Å². The molecule has 7 nitrogen and oxygen atoms in total. The summed E-state index contributed by atoms with van der Waals surface area (Å²) in [4.78, 5) is 26.0. The summed E-state index contributed by atoms with van der Waals surface area (Å²) in [5.41, 5.74) is 3.20. The van der Waals surface area contributed by atoms with E-state index in [1.807, 2.05) is 27.7 Å². The van der Waals surface area contributed by atoms with Crippen molar-refractivity contribution in [1.29, 1.82) is 0 Å². The number of carbonyl (C=O) groups excluding carboxylic acids is 1. The molecule has 4 rings (SSSR count). The highest BCUT2D eigenvalue weighted by Crippen LogP contribution is 2.35. The van der Waals surface area contributed by atoms with Crippen LogP contribution in [0.5, 0.6) is 5.75 Å². The number of rotatable bonds is 7. The molecule has 0 saturated carbocycles. The SMILES string of the molecule is Cc1ccc(S(=O)(=O)NC(CC(C)C)C(=O)Oc2cc(C)cc3oc(=O)c4c(c23)CCCC4)cc1. The number of hydrogen-bond donors (Lipinski definition) is 1. The molecule has 1 heterocycles. The Morgan fingerprint density at radius 1 is 1.03 bits per heavy atom. The van der Waals surface area contributed by atoms with Crippen LogP contribution in [0.15, 0.2) is 50.5 Å². The maximum absolute atomic E-state index is 13.4. The normalized spacial score (nSPS) is 14.7. The standard InChI is InChI=1S/C27H31NO6S/c1-16(2)13-22(28-35(31,32)19-11-9-17(3)10-12-19)27(30)34-24-15-18(4)14-23-25(24)20-7-5-6-8-21(20)26(29)33-23/h9-12,14-16,22,28H,5-8,13H2,1-4H3. The van der Waals surface area contributed by atoms with E-state index in [1.165, 1.54) is 12.1 Å². The Bertz CT molecular complexity index is 1420. The first kappa shape index (κ1) is 25.1. The molecular weight excluding hydrogens is 466 g/mol. The van der Waals surface area contributed by atoms with Gasteiger partial charge in [-0.1, -0.05) is 31.5 Å². The minimum atomic E-state index is -3.94. The predicted octanol–water partition coefficient (Wildman–Crippen LogP) is 4.59. The summed E-state index contributed by atoms with van der Waals surface area (Å²) in [5, 5.41) is 0.614. The van der Waals surface area contributed by atoms with Crippen LogP contribution in [-0.2, 0) is 27.7 Å². The lowest BCUT2D eigenvalue weighted by Gasteiger charge is -2.21. The average molecular weight is 498 g/mol. The Morgan fingerprint density at radius 2 is 1.69 bits per heavy atom. The Morgan fingerprint density at radius 3 is 2.34 bits per heavy atom. The van der Waals surface area contributed by atoms with Crippen LogP contribution in [0.4, 0.5) is 0 Å². The highest BCUT2D eigenvalue weighted by atomic mass is 32.2. The van der Waals surface area contributed by atoms with E-state index in [4.69, 9.17) is 9.15 Å². The molecule has 2 aromatic carbocycles. The second-order valence-electron chi connectivity index (χ2n) is 9.73. The molecule has 1 aliphatic rings. The molecule has 1 aromatic heterocycles. The minimum Gasteiger partial charge on any atom is -0.425 e. The van der Waals surface area contributed by atoms with Crippen LogP contribution >= 0.6 is 0 Å². The fourth-order valence-corrected chi connectivity index (χ4v) is 5.76. The number of aryl methyl sites for hydroxylation is 3. The summed E-state index contributed by atoms with van der Waals surface area (Å²) in [6, 6.07) is 8.85. The molecule has 1 unspecified atom stereocenters. The van der Waals surface area contributed by atoms with Crippen LogP contribution in [0.25, 0.3) is 11.0 Å². The molecule has 0 bridgehead atoms. The van der Waals surface area contributed by atoms with Gasteiger partial charge in [-0.3, -0.25) is 0 Å². The molecule has 186 valence electrons. The summed E-state index contributed by atoms with van der Waals surface area (Å²) >= 11 is 0. The molecule has 0 fully saturated rings. The number of hydrogen-bond acceptors (Lipinski definition) is 6. The van der Waals surface area contributed by atoms with Crippen molar-refractivity contribution in [2.24, 2.45) is 5.92 Å². The van der Waals surface area contributed by atoms with Crippen molar-refractivity contribution in [3.8, 4) is 5.75 Å². The van der Waals surface area contributed by atoms with Crippen LogP contribution < -0.4 is 15.1 Å². The van der Waals surface area contributed by atoms with E-state index in [-0.39, 0.29) is 28.6 Å². The van der Waals surface area contributed by atoms with Crippen LogP contribution in [0, 0.1) is 19.8 Å². The Kier molecular flexibility index (Phi) is 7.15. The van der Waals surface area contributed by atoms with Crippen molar-refractivity contribution in [3.63, 3.8) is 0 Å². The molecule has 0 aliphatic heterocycles. The maximum Gasteiger partial charge on any atom is 0.339 e. The minimum absolute atomic E-state index is 0.0355. The molecule has 8 heteroatoms. The number of ether oxygens (including phenoxy) is 1. The second kappa shape index (κ2) is 9.95. The first-order valence-electron chi connectivity index (χ1n) is 11.9. The van der Waals surface area contributed by atoms with Gasteiger partial charge in [-0.2, -0.15) is 4.72 Å². The molecule has 0 radical (unpaired) electrons. The Labute approximate surface area is 205 Å². The summed E-state index contributed by atoms with van der Waals surface area (Å²) in [6.45, 7) is 7.51. The predicted molar refractivity (Wildman–Crippen MR) is 134 cm³/mol. The Hall–Kier alpha value is -2.97. The first-order valence-corrected chi connectivity index (χ1v) is 13.4. The highest BCUT2D eigenvalue weighted by molar-refractivity contribution is 7.89. The lowest BCUT2D eigenvalue weighted by Crippen LogP contribution is -2.43.